The molecule has 0 saturated carbocycles. The molecule has 1 aromatic carbocycles. The van der Waals surface area contributed by atoms with E-state index in [4.69, 9.17) is 9.26 Å². The van der Waals surface area contributed by atoms with Gasteiger partial charge in [0.1, 0.15) is 0 Å². The summed E-state index contributed by atoms with van der Waals surface area (Å²) < 4.78 is 10.6. The van der Waals surface area contributed by atoms with E-state index in [0.717, 1.165) is 5.56 Å². The number of ether oxygens (including phenoxy) is 1. The Balaban J connectivity index is 2.09. The molecule has 0 aliphatic rings. The van der Waals surface area contributed by atoms with Gasteiger partial charge in [-0.1, -0.05) is 30.3 Å². The summed E-state index contributed by atoms with van der Waals surface area (Å²) in [5.74, 6) is 1.12. The third-order valence-corrected chi connectivity index (χ3v) is 3.33. The highest BCUT2D eigenvalue weighted by Gasteiger charge is 2.26. The molecule has 1 heterocycles. The van der Waals surface area contributed by atoms with Gasteiger partial charge in [-0.25, -0.2) is 0 Å². The lowest BCUT2D eigenvalue weighted by Gasteiger charge is -2.30. The van der Waals surface area contributed by atoms with Gasteiger partial charge in [-0.2, -0.15) is 4.98 Å². The molecule has 0 saturated heterocycles. The summed E-state index contributed by atoms with van der Waals surface area (Å²) in [4.78, 5) is 6.12. The highest BCUT2D eigenvalue weighted by atomic mass is 16.5. The Morgan fingerprint density at radius 2 is 2.00 bits per heavy atom. The first-order chi connectivity index (χ1) is 10.0. The van der Waals surface area contributed by atoms with Crippen LogP contribution in [-0.4, -0.2) is 38.0 Å². The molecule has 0 bridgehead atoms. The second kappa shape index (κ2) is 6.69. The Morgan fingerprint density at radius 3 is 2.57 bits per heavy atom. The van der Waals surface area contributed by atoms with Crippen LogP contribution in [0, 0.1) is 0 Å². The van der Waals surface area contributed by atoms with Gasteiger partial charge < -0.3 is 14.2 Å². The minimum Gasteiger partial charge on any atom is -0.382 e. The van der Waals surface area contributed by atoms with Crippen molar-refractivity contribution in [2.24, 2.45) is 0 Å². The standard InChI is InChI=1S/C15H22N4O2/c1-15(11-20-4,12-8-6-5-7-9-12)16-10-13-17-14(18-21-13)19(2)3/h5-9,16H,10-11H2,1-4H3. The second-order valence-electron chi connectivity index (χ2n) is 5.37. The fourth-order valence-corrected chi connectivity index (χ4v) is 2.10. The summed E-state index contributed by atoms with van der Waals surface area (Å²) in [5.41, 5.74) is 0.835. The minimum atomic E-state index is -0.317. The van der Waals surface area contributed by atoms with Gasteiger partial charge in [0.25, 0.3) is 5.95 Å². The monoisotopic (exact) mass is 290 g/mol. The lowest BCUT2D eigenvalue weighted by atomic mass is 9.93. The molecular weight excluding hydrogens is 268 g/mol. The van der Waals surface area contributed by atoms with Crippen molar-refractivity contribution in [2.75, 3.05) is 32.7 Å². The van der Waals surface area contributed by atoms with E-state index in [9.17, 15) is 0 Å². The molecule has 0 aliphatic carbocycles. The lowest BCUT2D eigenvalue weighted by molar-refractivity contribution is 0.114. The normalized spacial score (nSPS) is 13.9. The van der Waals surface area contributed by atoms with E-state index >= 15 is 0 Å². The molecule has 0 amide bonds. The lowest BCUT2D eigenvalue weighted by Crippen LogP contribution is -2.43. The van der Waals surface area contributed by atoms with E-state index in [1.165, 1.54) is 0 Å². The van der Waals surface area contributed by atoms with Crippen molar-refractivity contribution in [1.82, 2.24) is 15.5 Å². The third kappa shape index (κ3) is 3.80. The number of nitrogens with zero attached hydrogens (tertiary/aromatic N) is 3. The molecular formula is C15H22N4O2. The highest BCUT2D eigenvalue weighted by molar-refractivity contribution is 5.25. The van der Waals surface area contributed by atoms with Gasteiger partial charge in [0.05, 0.1) is 18.7 Å². The maximum Gasteiger partial charge on any atom is 0.265 e. The maximum absolute atomic E-state index is 5.36. The molecule has 114 valence electrons. The van der Waals surface area contributed by atoms with Crippen molar-refractivity contribution in [1.29, 1.82) is 0 Å². The van der Waals surface area contributed by atoms with Crippen molar-refractivity contribution in [3.05, 3.63) is 41.8 Å². The fourth-order valence-electron chi connectivity index (χ4n) is 2.10. The molecule has 6 heteroatoms. The average Bonchev–Trinajstić information content (AvgIpc) is 2.96. The third-order valence-electron chi connectivity index (χ3n) is 3.33. The first-order valence-corrected chi connectivity index (χ1v) is 6.84. The Bertz CT molecular complexity index is 556. The quantitative estimate of drug-likeness (QED) is 0.838. The van der Waals surface area contributed by atoms with E-state index in [1.807, 2.05) is 32.3 Å². The van der Waals surface area contributed by atoms with E-state index in [2.05, 4.69) is 34.5 Å². The van der Waals surface area contributed by atoms with Gasteiger partial charge in [0.15, 0.2) is 0 Å². The van der Waals surface area contributed by atoms with E-state index in [0.29, 0.717) is 25.0 Å². The largest absolute Gasteiger partial charge is 0.382 e. The van der Waals surface area contributed by atoms with Gasteiger partial charge in [-0.05, 0) is 17.6 Å². The number of aromatic nitrogens is 2. The Kier molecular flexibility index (Phi) is 4.93. The SMILES string of the molecule is COCC(C)(NCc1nc(N(C)C)no1)c1ccccc1. The number of rotatable bonds is 7. The van der Waals surface area contributed by atoms with Gasteiger partial charge in [0, 0.05) is 21.2 Å². The number of benzene rings is 1. The zero-order chi connectivity index (χ0) is 15.3. The van der Waals surface area contributed by atoms with Crippen LogP contribution in [0.5, 0.6) is 0 Å². The Hall–Kier alpha value is -1.92. The van der Waals surface area contributed by atoms with Crippen LogP contribution < -0.4 is 10.2 Å². The summed E-state index contributed by atoms with van der Waals surface area (Å²) in [5, 5.41) is 7.35. The maximum atomic E-state index is 5.36. The number of methoxy groups -OCH3 is 1. The number of hydrogen-bond donors (Lipinski definition) is 1. The van der Waals surface area contributed by atoms with Crippen LogP contribution in [0.4, 0.5) is 5.95 Å². The van der Waals surface area contributed by atoms with Crippen LogP contribution in [0.2, 0.25) is 0 Å². The molecule has 0 aliphatic heterocycles. The van der Waals surface area contributed by atoms with Crippen molar-refractivity contribution in [3.8, 4) is 0 Å². The average molecular weight is 290 g/mol. The summed E-state index contributed by atoms with van der Waals surface area (Å²) >= 11 is 0. The topological polar surface area (TPSA) is 63.4 Å². The minimum absolute atomic E-state index is 0.317. The molecule has 2 rings (SSSR count). The Morgan fingerprint density at radius 1 is 1.29 bits per heavy atom. The molecule has 1 aromatic heterocycles. The molecule has 1 unspecified atom stereocenters. The molecule has 0 fully saturated rings. The van der Waals surface area contributed by atoms with Crippen molar-refractivity contribution < 1.29 is 9.26 Å². The summed E-state index contributed by atoms with van der Waals surface area (Å²) in [6.45, 7) is 3.12. The van der Waals surface area contributed by atoms with Gasteiger partial charge in [-0.3, -0.25) is 5.32 Å². The van der Waals surface area contributed by atoms with Crippen molar-refractivity contribution >= 4 is 5.95 Å². The van der Waals surface area contributed by atoms with Crippen LogP contribution in [-0.2, 0) is 16.8 Å². The predicted octanol–water partition coefficient (Wildman–Crippen LogP) is 1.79. The fraction of sp³-hybridized carbons (Fsp3) is 0.467. The molecule has 1 N–H and O–H groups in total. The molecule has 1 atom stereocenters. The molecule has 2 aromatic rings. The van der Waals surface area contributed by atoms with Crippen molar-refractivity contribution in [2.45, 2.75) is 19.0 Å². The number of nitrogens with one attached hydrogen (secondary N) is 1. The van der Waals surface area contributed by atoms with E-state index in [1.54, 1.807) is 12.0 Å². The molecule has 0 radical (unpaired) electrons. The van der Waals surface area contributed by atoms with Crippen LogP contribution in [0.3, 0.4) is 0 Å². The first-order valence-electron chi connectivity index (χ1n) is 6.84. The van der Waals surface area contributed by atoms with Crippen LogP contribution in [0.1, 0.15) is 18.4 Å². The highest BCUT2D eigenvalue weighted by Crippen LogP contribution is 2.21. The summed E-state index contributed by atoms with van der Waals surface area (Å²) in [6, 6.07) is 10.2. The Labute approximate surface area is 125 Å². The van der Waals surface area contributed by atoms with Gasteiger partial charge in [-0.15, -0.1) is 0 Å². The zero-order valence-corrected chi connectivity index (χ0v) is 13.0. The van der Waals surface area contributed by atoms with Gasteiger partial charge >= 0.3 is 0 Å². The molecule has 6 nitrogen and oxygen atoms in total. The van der Waals surface area contributed by atoms with E-state index < -0.39 is 0 Å². The van der Waals surface area contributed by atoms with Crippen LogP contribution in [0.25, 0.3) is 0 Å². The molecule has 21 heavy (non-hydrogen) atoms. The summed E-state index contributed by atoms with van der Waals surface area (Å²) in [6.07, 6.45) is 0. The number of anilines is 1. The first kappa shape index (κ1) is 15.5. The number of hydrogen-bond acceptors (Lipinski definition) is 6. The van der Waals surface area contributed by atoms with E-state index in [-0.39, 0.29) is 5.54 Å². The second-order valence-corrected chi connectivity index (χ2v) is 5.37. The van der Waals surface area contributed by atoms with Crippen LogP contribution in [0.15, 0.2) is 34.9 Å². The summed E-state index contributed by atoms with van der Waals surface area (Å²) in [7, 11) is 5.45. The zero-order valence-electron chi connectivity index (χ0n) is 13.0. The van der Waals surface area contributed by atoms with Gasteiger partial charge in [0.2, 0.25) is 5.89 Å². The predicted molar refractivity (Wildman–Crippen MR) is 81.1 cm³/mol. The van der Waals surface area contributed by atoms with Crippen molar-refractivity contribution in [3.63, 3.8) is 0 Å². The van der Waals surface area contributed by atoms with Crippen LogP contribution >= 0.6 is 0 Å². The molecule has 0 spiro atoms. The smallest absolute Gasteiger partial charge is 0.265 e.